The second kappa shape index (κ2) is 7.44. The smallest absolute Gasteiger partial charge is 0.334 e. The third kappa shape index (κ3) is 5.32. The maximum absolute atomic E-state index is 11.9. The number of cyclic esters (lactones) is 1. The fourth-order valence-electron chi connectivity index (χ4n) is 1.64. The van der Waals surface area contributed by atoms with Crippen LogP contribution in [0.2, 0.25) is 18.1 Å². The van der Waals surface area contributed by atoms with Gasteiger partial charge in [0, 0.05) is 11.6 Å². The van der Waals surface area contributed by atoms with E-state index >= 15 is 0 Å². The number of carbonyl (C=O) groups excluding carboxylic acids is 2. The molecule has 0 spiro atoms. The van der Waals surface area contributed by atoms with Crippen LogP contribution in [-0.4, -0.2) is 39.1 Å². The van der Waals surface area contributed by atoms with Gasteiger partial charge >= 0.3 is 11.9 Å². The number of ether oxygens (including phenoxy) is 2. The molecule has 130 valence electrons. The van der Waals surface area contributed by atoms with Gasteiger partial charge in [-0.3, -0.25) is 0 Å². The fourth-order valence-corrected chi connectivity index (χ4v) is 2.65. The lowest BCUT2D eigenvalue weighted by Gasteiger charge is -2.38. The molecule has 0 aliphatic carbocycles. The molecular formula is C17H28O5Si. The van der Waals surface area contributed by atoms with Crippen molar-refractivity contribution in [1.82, 2.24) is 0 Å². The molecule has 0 unspecified atom stereocenters. The van der Waals surface area contributed by atoms with Crippen molar-refractivity contribution in [1.29, 1.82) is 0 Å². The van der Waals surface area contributed by atoms with Gasteiger partial charge in [-0.2, -0.15) is 0 Å². The Morgan fingerprint density at radius 2 is 2.00 bits per heavy atom. The van der Waals surface area contributed by atoms with Crippen molar-refractivity contribution in [3.63, 3.8) is 0 Å². The van der Waals surface area contributed by atoms with Crippen LogP contribution in [0, 0.1) is 0 Å². The zero-order chi connectivity index (χ0) is 17.8. The zero-order valence-corrected chi connectivity index (χ0v) is 16.1. The Hall–Kier alpha value is -1.40. The largest absolute Gasteiger partial charge is 0.452 e. The number of allylic oxidation sites excluding steroid dienone is 1. The monoisotopic (exact) mass is 340 g/mol. The van der Waals surface area contributed by atoms with E-state index in [4.69, 9.17) is 13.9 Å². The minimum atomic E-state index is -1.98. The van der Waals surface area contributed by atoms with Crippen LogP contribution in [0.3, 0.4) is 0 Å². The van der Waals surface area contributed by atoms with Crippen LogP contribution in [0.15, 0.2) is 23.8 Å². The molecule has 0 aromatic rings. The molecule has 0 aromatic carbocycles. The molecular weight excluding hydrogens is 312 g/mol. The zero-order valence-electron chi connectivity index (χ0n) is 15.1. The Balaban J connectivity index is 2.79. The predicted octanol–water partition coefficient (Wildman–Crippen LogP) is 3.37. The summed E-state index contributed by atoms with van der Waals surface area (Å²) in [4.78, 5) is 23.4. The van der Waals surface area contributed by atoms with Gasteiger partial charge in [0.1, 0.15) is 0 Å². The van der Waals surface area contributed by atoms with E-state index in [1.807, 2.05) is 0 Å². The van der Waals surface area contributed by atoms with Crippen LogP contribution >= 0.6 is 0 Å². The second-order valence-corrected chi connectivity index (χ2v) is 12.1. The van der Waals surface area contributed by atoms with Crippen molar-refractivity contribution in [2.24, 2.45) is 0 Å². The number of carbonyl (C=O) groups is 2. The van der Waals surface area contributed by atoms with Crippen LogP contribution in [0.4, 0.5) is 0 Å². The molecule has 2 atom stereocenters. The van der Waals surface area contributed by atoms with Crippen LogP contribution in [0.1, 0.15) is 34.6 Å². The van der Waals surface area contributed by atoms with Crippen molar-refractivity contribution in [2.45, 2.75) is 65.0 Å². The SMILES string of the molecule is C/C=C(\C)C(=O)O[C@H]1C=CC(=O)O[C@H]1CO[Si](C)(C)C(C)(C)C. The molecule has 6 heteroatoms. The van der Waals surface area contributed by atoms with E-state index in [1.165, 1.54) is 6.08 Å². The summed E-state index contributed by atoms with van der Waals surface area (Å²) in [5, 5.41) is 0.0508. The Morgan fingerprint density at radius 3 is 2.52 bits per heavy atom. The first kappa shape index (κ1) is 19.6. The van der Waals surface area contributed by atoms with Crippen LogP contribution < -0.4 is 0 Å². The van der Waals surface area contributed by atoms with Gasteiger partial charge in [-0.25, -0.2) is 9.59 Å². The van der Waals surface area contributed by atoms with E-state index in [-0.39, 0.29) is 11.6 Å². The molecule has 1 rings (SSSR count). The van der Waals surface area contributed by atoms with Crippen LogP contribution in [0.25, 0.3) is 0 Å². The Kier molecular flexibility index (Phi) is 6.36. The average Bonchev–Trinajstić information content (AvgIpc) is 2.45. The molecule has 0 fully saturated rings. The first-order valence-corrected chi connectivity index (χ1v) is 10.8. The molecule has 0 radical (unpaired) electrons. The van der Waals surface area contributed by atoms with E-state index in [0.717, 1.165) is 0 Å². The Labute approximate surface area is 139 Å². The van der Waals surface area contributed by atoms with Crippen LogP contribution in [-0.2, 0) is 23.5 Å². The Bertz CT molecular complexity index is 514. The quantitative estimate of drug-likeness (QED) is 0.436. The third-order valence-corrected chi connectivity index (χ3v) is 8.97. The molecule has 0 bridgehead atoms. The fraction of sp³-hybridized carbons (Fsp3) is 0.647. The summed E-state index contributed by atoms with van der Waals surface area (Å²) in [6.45, 7) is 14.3. The lowest BCUT2D eigenvalue weighted by atomic mass is 10.1. The number of hydrogen-bond donors (Lipinski definition) is 0. The van der Waals surface area contributed by atoms with Gasteiger partial charge in [0.2, 0.25) is 0 Å². The highest BCUT2D eigenvalue weighted by atomic mass is 28.4. The minimum absolute atomic E-state index is 0.0508. The van der Waals surface area contributed by atoms with E-state index in [9.17, 15) is 9.59 Å². The van der Waals surface area contributed by atoms with Gasteiger partial charge in [0.05, 0.1) is 6.61 Å². The van der Waals surface area contributed by atoms with Crippen molar-refractivity contribution >= 4 is 20.3 Å². The molecule has 0 saturated heterocycles. The molecule has 5 nitrogen and oxygen atoms in total. The Morgan fingerprint density at radius 1 is 1.39 bits per heavy atom. The van der Waals surface area contributed by atoms with E-state index < -0.39 is 32.5 Å². The number of hydrogen-bond acceptors (Lipinski definition) is 5. The second-order valence-electron chi connectivity index (χ2n) is 7.25. The van der Waals surface area contributed by atoms with Crippen molar-refractivity contribution in [3.05, 3.63) is 23.8 Å². The van der Waals surface area contributed by atoms with Crippen molar-refractivity contribution in [2.75, 3.05) is 6.61 Å². The summed E-state index contributed by atoms with van der Waals surface area (Å²) in [5.41, 5.74) is 0.513. The first-order valence-electron chi connectivity index (χ1n) is 7.84. The number of rotatable bonds is 5. The predicted molar refractivity (Wildman–Crippen MR) is 91.5 cm³/mol. The average molecular weight is 340 g/mol. The lowest BCUT2D eigenvalue weighted by molar-refractivity contribution is -0.163. The van der Waals surface area contributed by atoms with Crippen molar-refractivity contribution in [3.8, 4) is 0 Å². The van der Waals surface area contributed by atoms with Crippen LogP contribution in [0.5, 0.6) is 0 Å². The highest BCUT2D eigenvalue weighted by Gasteiger charge is 2.39. The molecule has 0 aromatic heterocycles. The maximum Gasteiger partial charge on any atom is 0.334 e. The molecule has 0 amide bonds. The third-order valence-electron chi connectivity index (χ3n) is 4.47. The van der Waals surface area contributed by atoms with Gasteiger partial charge < -0.3 is 13.9 Å². The van der Waals surface area contributed by atoms with E-state index in [1.54, 1.807) is 26.0 Å². The highest BCUT2D eigenvalue weighted by molar-refractivity contribution is 6.74. The maximum atomic E-state index is 11.9. The van der Waals surface area contributed by atoms with Gasteiger partial charge in [-0.1, -0.05) is 26.8 Å². The van der Waals surface area contributed by atoms with Crippen molar-refractivity contribution < 1.29 is 23.5 Å². The van der Waals surface area contributed by atoms with Gasteiger partial charge in [0.15, 0.2) is 20.5 Å². The molecule has 0 N–H and O–H groups in total. The first-order chi connectivity index (χ1) is 10.5. The summed E-state index contributed by atoms with van der Waals surface area (Å²) < 4.78 is 16.8. The molecule has 0 saturated carbocycles. The summed E-state index contributed by atoms with van der Waals surface area (Å²) in [6.07, 6.45) is 3.29. The number of esters is 2. The summed E-state index contributed by atoms with van der Waals surface area (Å²) in [7, 11) is -1.98. The molecule has 1 heterocycles. The molecule has 23 heavy (non-hydrogen) atoms. The standard InChI is InChI=1S/C17H28O5Si/c1-8-12(2)16(19)22-13-9-10-15(18)21-14(13)11-20-23(6,7)17(3,4)5/h8-10,13-14H,11H2,1-7H3/b12-8+/t13-,14-/m0/s1. The molecule has 1 aliphatic rings. The normalized spacial score (nSPS) is 22.7. The molecule has 1 aliphatic heterocycles. The van der Waals surface area contributed by atoms with Gasteiger partial charge in [0.25, 0.3) is 0 Å². The topological polar surface area (TPSA) is 61.8 Å². The van der Waals surface area contributed by atoms with E-state index in [2.05, 4.69) is 33.9 Å². The van der Waals surface area contributed by atoms with Gasteiger partial charge in [-0.15, -0.1) is 0 Å². The van der Waals surface area contributed by atoms with Gasteiger partial charge in [-0.05, 0) is 38.1 Å². The summed E-state index contributed by atoms with van der Waals surface area (Å²) >= 11 is 0. The minimum Gasteiger partial charge on any atom is -0.452 e. The summed E-state index contributed by atoms with van der Waals surface area (Å²) in [5.74, 6) is -0.860. The lowest BCUT2D eigenvalue weighted by Crippen LogP contribution is -2.47. The summed E-state index contributed by atoms with van der Waals surface area (Å²) in [6, 6.07) is 0. The highest BCUT2D eigenvalue weighted by Crippen LogP contribution is 2.36. The van der Waals surface area contributed by atoms with E-state index in [0.29, 0.717) is 5.57 Å².